The fraction of sp³-hybridized carbons (Fsp3) is 0.625. The smallest absolute Gasteiger partial charge is 0.0941 e. The first-order valence-electron chi connectivity index (χ1n) is 4.09. The number of nitrogens with zero attached hydrogens (tertiary/aromatic N) is 1. The van der Waals surface area contributed by atoms with Crippen LogP contribution >= 0.6 is 11.3 Å². The first-order valence-corrected chi connectivity index (χ1v) is 4.97. The number of aliphatic hydroxyl groups excluding tert-OH is 1. The van der Waals surface area contributed by atoms with Crippen molar-refractivity contribution in [2.45, 2.75) is 19.4 Å². The zero-order valence-electron chi connectivity index (χ0n) is 7.16. The maximum atomic E-state index is 8.97. The van der Waals surface area contributed by atoms with Gasteiger partial charge in [0.1, 0.15) is 0 Å². The van der Waals surface area contributed by atoms with Crippen molar-refractivity contribution in [3.63, 3.8) is 0 Å². The van der Waals surface area contributed by atoms with E-state index in [1.807, 2.05) is 12.3 Å². The first kappa shape index (κ1) is 9.64. The Morgan fingerprint density at radius 3 is 3.08 bits per heavy atom. The lowest BCUT2D eigenvalue weighted by Gasteiger charge is -2.12. The second-order valence-electron chi connectivity index (χ2n) is 2.57. The van der Waals surface area contributed by atoms with E-state index < -0.39 is 0 Å². The molecule has 0 aliphatic carbocycles. The van der Waals surface area contributed by atoms with E-state index in [-0.39, 0.29) is 12.6 Å². The van der Waals surface area contributed by atoms with Crippen LogP contribution in [0.5, 0.6) is 0 Å². The second kappa shape index (κ2) is 5.24. The van der Waals surface area contributed by atoms with Crippen LogP contribution in [0.15, 0.2) is 11.6 Å². The normalized spacial score (nSPS) is 13.2. The van der Waals surface area contributed by atoms with Crippen LogP contribution in [-0.2, 0) is 6.42 Å². The summed E-state index contributed by atoms with van der Waals surface area (Å²) < 4.78 is 0. The van der Waals surface area contributed by atoms with Crippen molar-refractivity contribution >= 4 is 11.3 Å². The molecule has 0 amide bonds. The lowest BCUT2D eigenvalue weighted by Crippen LogP contribution is -2.34. The van der Waals surface area contributed by atoms with Crippen LogP contribution in [0.1, 0.15) is 11.9 Å². The summed E-state index contributed by atoms with van der Waals surface area (Å²) in [7, 11) is 0. The Kier molecular flexibility index (Phi) is 4.21. The van der Waals surface area contributed by atoms with Gasteiger partial charge in [-0.25, -0.2) is 4.98 Å². The Morgan fingerprint density at radius 1 is 1.75 bits per heavy atom. The van der Waals surface area contributed by atoms with E-state index in [0.29, 0.717) is 0 Å². The highest BCUT2D eigenvalue weighted by atomic mass is 32.1. The van der Waals surface area contributed by atoms with Gasteiger partial charge >= 0.3 is 0 Å². The molecular weight excluding hydrogens is 172 g/mol. The van der Waals surface area contributed by atoms with Crippen LogP contribution in [0.3, 0.4) is 0 Å². The Morgan fingerprint density at radius 2 is 2.58 bits per heavy atom. The number of nitrogens with one attached hydrogen (secondary N) is 1. The molecule has 1 unspecified atom stereocenters. The van der Waals surface area contributed by atoms with Gasteiger partial charge in [0.05, 0.1) is 11.6 Å². The molecule has 68 valence electrons. The van der Waals surface area contributed by atoms with E-state index in [2.05, 4.69) is 10.3 Å². The van der Waals surface area contributed by atoms with Crippen molar-refractivity contribution in [1.29, 1.82) is 0 Å². The van der Waals surface area contributed by atoms with Crippen molar-refractivity contribution < 1.29 is 5.11 Å². The summed E-state index contributed by atoms with van der Waals surface area (Å²) in [4.78, 5) is 4.15. The fourth-order valence-electron chi connectivity index (χ4n) is 1.05. The largest absolute Gasteiger partial charge is 0.395 e. The molecule has 0 spiro atoms. The Labute approximate surface area is 76.5 Å². The van der Waals surface area contributed by atoms with Crippen LogP contribution < -0.4 is 5.32 Å². The maximum Gasteiger partial charge on any atom is 0.0941 e. The third-order valence-corrected chi connectivity index (χ3v) is 2.42. The molecule has 2 N–H and O–H groups in total. The summed E-state index contributed by atoms with van der Waals surface area (Å²) in [5.41, 5.74) is 0. The molecule has 1 aromatic rings. The summed E-state index contributed by atoms with van der Waals surface area (Å²) in [5, 5.41) is 15.2. The van der Waals surface area contributed by atoms with Gasteiger partial charge in [0.25, 0.3) is 0 Å². The van der Waals surface area contributed by atoms with E-state index in [1.54, 1.807) is 17.5 Å². The minimum Gasteiger partial charge on any atom is -0.395 e. The van der Waals surface area contributed by atoms with Gasteiger partial charge in [-0.15, -0.1) is 11.3 Å². The molecule has 4 heteroatoms. The van der Waals surface area contributed by atoms with Crippen LogP contribution in [-0.4, -0.2) is 29.3 Å². The molecule has 0 aromatic carbocycles. The molecule has 3 nitrogen and oxygen atoms in total. The summed E-state index contributed by atoms with van der Waals surface area (Å²) in [5.74, 6) is 0. The topological polar surface area (TPSA) is 45.1 Å². The van der Waals surface area contributed by atoms with Gasteiger partial charge in [-0.05, 0) is 6.54 Å². The van der Waals surface area contributed by atoms with Crippen LogP contribution in [0.25, 0.3) is 0 Å². The second-order valence-corrected chi connectivity index (χ2v) is 3.55. The molecule has 12 heavy (non-hydrogen) atoms. The van der Waals surface area contributed by atoms with Gasteiger partial charge in [-0.2, -0.15) is 0 Å². The molecule has 0 fully saturated rings. The SMILES string of the molecule is CCNC(CO)Cc1nccs1. The molecule has 0 aliphatic rings. The van der Waals surface area contributed by atoms with E-state index >= 15 is 0 Å². The van der Waals surface area contributed by atoms with Crippen molar-refractivity contribution in [3.05, 3.63) is 16.6 Å². The Hall–Kier alpha value is -0.450. The summed E-state index contributed by atoms with van der Waals surface area (Å²) in [6.45, 7) is 3.09. The van der Waals surface area contributed by atoms with Gasteiger partial charge in [0.15, 0.2) is 0 Å². The minimum absolute atomic E-state index is 0.154. The quantitative estimate of drug-likeness (QED) is 0.710. The fourth-order valence-corrected chi connectivity index (χ4v) is 1.75. The molecule has 1 atom stereocenters. The number of hydrogen-bond donors (Lipinski definition) is 2. The third-order valence-electron chi connectivity index (χ3n) is 1.62. The minimum atomic E-state index is 0.154. The summed E-state index contributed by atoms with van der Waals surface area (Å²) >= 11 is 1.63. The van der Waals surface area contributed by atoms with E-state index in [0.717, 1.165) is 18.0 Å². The van der Waals surface area contributed by atoms with Gasteiger partial charge in [-0.3, -0.25) is 0 Å². The van der Waals surface area contributed by atoms with Crippen LogP contribution in [0.4, 0.5) is 0 Å². The Balaban J connectivity index is 2.37. The molecule has 0 aliphatic heterocycles. The van der Waals surface area contributed by atoms with Crippen molar-refractivity contribution in [2.75, 3.05) is 13.2 Å². The first-order chi connectivity index (χ1) is 5.86. The predicted octanol–water partition coefficient (Wildman–Crippen LogP) is 0.656. The predicted molar refractivity (Wildman–Crippen MR) is 50.4 cm³/mol. The van der Waals surface area contributed by atoms with Crippen LogP contribution in [0, 0.1) is 0 Å². The van der Waals surface area contributed by atoms with Crippen molar-refractivity contribution in [1.82, 2.24) is 10.3 Å². The number of likely N-dealkylation sites (N-methyl/N-ethyl adjacent to an activating group) is 1. The summed E-state index contributed by atoms with van der Waals surface area (Å²) in [6, 6.07) is 0.154. The van der Waals surface area contributed by atoms with Crippen molar-refractivity contribution in [3.8, 4) is 0 Å². The highest BCUT2D eigenvalue weighted by Gasteiger charge is 2.07. The Bertz CT molecular complexity index is 201. The van der Waals surface area contributed by atoms with Gasteiger partial charge in [-0.1, -0.05) is 6.92 Å². The molecule has 0 saturated carbocycles. The van der Waals surface area contributed by atoms with Gasteiger partial charge in [0.2, 0.25) is 0 Å². The van der Waals surface area contributed by atoms with Crippen LogP contribution in [0.2, 0.25) is 0 Å². The van der Waals surface area contributed by atoms with Crippen molar-refractivity contribution in [2.24, 2.45) is 0 Å². The number of hydrogen-bond acceptors (Lipinski definition) is 4. The zero-order chi connectivity index (χ0) is 8.81. The average Bonchev–Trinajstić information content (AvgIpc) is 2.56. The monoisotopic (exact) mass is 186 g/mol. The molecule has 0 saturated heterocycles. The third kappa shape index (κ3) is 2.89. The zero-order valence-corrected chi connectivity index (χ0v) is 7.97. The molecular formula is C8H14N2OS. The number of aromatic nitrogens is 1. The van der Waals surface area contributed by atoms with E-state index in [1.165, 1.54) is 0 Å². The maximum absolute atomic E-state index is 8.97. The van der Waals surface area contributed by atoms with Gasteiger partial charge in [0, 0.05) is 24.0 Å². The van der Waals surface area contributed by atoms with E-state index in [4.69, 9.17) is 5.11 Å². The number of thiazole rings is 1. The lowest BCUT2D eigenvalue weighted by molar-refractivity contribution is 0.243. The molecule has 0 bridgehead atoms. The lowest BCUT2D eigenvalue weighted by atomic mass is 10.2. The molecule has 1 aromatic heterocycles. The standard InChI is InChI=1S/C8H14N2OS/c1-2-9-7(6-11)5-8-10-3-4-12-8/h3-4,7,9,11H,2,5-6H2,1H3. The highest BCUT2D eigenvalue weighted by Crippen LogP contribution is 2.06. The summed E-state index contributed by atoms with van der Waals surface area (Å²) in [6.07, 6.45) is 2.61. The number of rotatable bonds is 5. The highest BCUT2D eigenvalue weighted by molar-refractivity contribution is 7.09. The molecule has 1 heterocycles. The molecule has 1 rings (SSSR count). The van der Waals surface area contributed by atoms with E-state index in [9.17, 15) is 0 Å². The number of aliphatic hydroxyl groups is 1. The average molecular weight is 186 g/mol. The van der Waals surface area contributed by atoms with Gasteiger partial charge < -0.3 is 10.4 Å². The molecule has 0 radical (unpaired) electrons.